The third-order valence-electron chi connectivity index (χ3n) is 4.07. The molecule has 26 heavy (non-hydrogen) atoms. The van der Waals surface area contributed by atoms with E-state index in [4.69, 9.17) is 17.3 Å². The first-order valence-corrected chi connectivity index (χ1v) is 10.1. The van der Waals surface area contributed by atoms with Crippen LogP contribution in [0.15, 0.2) is 42.7 Å². The van der Waals surface area contributed by atoms with Gasteiger partial charge in [0.05, 0.1) is 9.21 Å². The Bertz CT molecular complexity index is 1040. The number of nitrogens with zero attached hydrogens (tertiary/aromatic N) is 1. The molecule has 5 nitrogen and oxygen atoms in total. The first-order chi connectivity index (χ1) is 12.6. The largest absolute Gasteiger partial charge is 0.494 e. The molecule has 4 rings (SSSR count). The van der Waals surface area contributed by atoms with Gasteiger partial charge in [-0.2, -0.15) is 0 Å². The number of anilines is 1. The second-order valence-corrected chi connectivity index (χ2v) is 8.85. The highest BCUT2D eigenvalue weighted by atomic mass is 35.5. The molecule has 0 unspecified atom stereocenters. The number of H-pyrrole nitrogens is 1. The van der Waals surface area contributed by atoms with Crippen LogP contribution in [0.25, 0.3) is 21.2 Å². The maximum atomic E-state index is 9.71. The van der Waals surface area contributed by atoms with Crippen molar-refractivity contribution in [1.29, 1.82) is 0 Å². The molecule has 5 N–H and O–H groups in total. The van der Waals surface area contributed by atoms with Crippen molar-refractivity contribution in [3.63, 3.8) is 0 Å². The van der Waals surface area contributed by atoms with Gasteiger partial charge in [0, 0.05) is 40.6 Å². The summed E-state index contributed by atoms with van der Waals surface area (Å²) < 4.78 is 0.789. The number of halogens is 1. The summed E-state index contributed by atoms with van der Waals surface area (Å²) in [6.07, 6.45) is 4.44. The molecule has 0 amide bonds. The van der Waals surface area contributed by atoms with Crippen molar-refractivity contribution in [2.45, 2.75) is 12.5 Å². The summed E-state index contributed by atoms with van der Waals surface area (Å²) >= 11 is 9.10. The smallest absolute Gasteiger partial charge is 0.196 e. The number of aromatic hydroxyl groups is 1. The Balaban J connectivity index is 1.40. The van der Waals surface area contributed by atoms with Gasteiger partial charge in [-0.25, -0.2) is 4.98 Å². The first-order valence-electron chi connectivity index (χ1n) is 8.08. The van der Waals surface area contributed by atoms with Crippen LogP contribution in [0, 0.1) is 0 Å². The van der Waals surface area contributed by atoms with Crippen molar-refractivity contribution < 1.29 is 5.11 Å². The Morgan fingerprint density at radius 3 is 2.96 bits per heavy atom. The number of aromatic amines is 1. The highest BCUT2D eigenvalue weighted by Crippen LogP contribution is 2.33. The van der Waals surface area contributed by atoms with E-state index in [9.17, 15) is 5.11 Å². The Kier molecular flexibility index (Phi) is 4.86. The predicted octanol–water partition coefficient (Wildman–Crippen LogP) is 4.69. The fourth-order valence-corrected chi connectivity index (χ4v) is 4.77. The number of rotatable bonds is 6. The van der Waals surface area contributed by atoms with Gasteiger partial charge in [-0.15, -0.1) is 11.3 Å². The van der Waals surface area contributed by atoms with Crippen LogP contribution in [-0.2, 0) is 6.42 Å². The van der Waals surface area contributed by atoms with Gasteiger partial charge in [-0.05, 0) is 36.2 Å². The number of hydrogen-bond acceptors (Lipinski definition) is 6. The maximum absolute atomic E-state index is 9.71. The molecule has 0 bridgehead atoms. The third kappa shape index (κ3) is 3.71. The van der Waals surface area contributed by atoms with Crippen molar-refractivity contribution in [2.24, 2.45) is 5.73 Å². The Morgan fingerprint density at radius 2 is 2.15 bits per heavy atom. The van der Waals surface area contributed by atoms with E-state index in [1.165, 1.54) is 4.88 Å². The summed E-state index contributed by atoms with van der Waals surface area (Å²) in [6, 6.07) is 9.84. The van der Waals surface area contributed by atoms with Crippen LogP contribution in [0.5, 0.6) is 5.88 Å². The molecule has 3 heterocycles. The molecule has 0 aliphatic carbocycles. The van der Waals surface area contributed by atoms with Gasteiger partial charge >= 0.3 is 0 Å². The number of hydrogen-bond donors (Lipinski definition) is 4. The molecular weight excluding hydrogens is 388 g/mol. The van der Waals surface area contributed by atoms with E-state index in [1.54, 1.807) is 28.9 Å². The van der Waals surface area contributed by atoms with Crippen LogP contribution in [0.1, 0.15) is 4.88 Å². The predicted molar refractivity (Wildman–Crippen MR) is 111 cm³/mol. The first kappa shape index (κ1) is 17.4. The van der Waals surface area contributed by atoms with Crippen molar-refractivity contribution in [3.05, 3.63) is 51.9 Å². The number of aromatic nitrogens is 2. The lowest BCUT2D eigenvalue weighted by Crippen LogP contribution is -2.30. The zero-order valence-electron chi connectivity index (χ0n) is 13.7. The van der Waals surface area contributed by atoms with Crippen LogP contribution in [-0.4, -0.2) is 27.7 Å². The SMILES string of the molecule is N[C@H](CNc1ncc(-c2ccc3c(O)[nH]cc3c2)s1)Cc1ccc(Cl)s1. The number of nitrogens with one attached hydrogen (secondary N) is 2. The summed E-state index contributed by atoms with van der Waals surface area (Å²) in [5, 5.41) is 15.7. The van der Waals surface area contributed by atoms with Gasteiger partial charge in [0.15, 0.2) is 11.0 Å². The van der Waals surface area contributed by atoms with Crippen LogP contribution in [0.2, 0.25) is 4.34 Å². The average molecular weight is 405 g/mol. The summed E-state index contributed by atoms with van der Waals surface area (Å²) in [6.45, 7) is 0.646. The van der Waals surface area contributed by atoms with E-state index in [2.05, 4.69) is 15.3 Å². The summed E-state index contributed by atoms with van der Waals surface area (Å²) in [5.41, 5.74) is 7.27. The van der Waals surface area contributed by atoms with Crippen molar-refractivity contribution in [3.8, 4) is 16.3 Å². The molecule has 0 saturated heterocycles. The zero-order valence-corrected chi connectivity index (χ0v) is 16.1. The molecule has 1 aromatic carbocycles. The maximum Gasteiger partial charge on any atom is 0.196 e. The monoisotopic (exact) mass is 404 g/mol. The molecule has 1 atom stereocenters. The van der Waals surface area contributed by atoms with E-state index in [0.29, 0.717) is 6.54 Å². The highest BCUT2D eigenvalue weighted by molar-refractivity contribution is 7.18. The minimum Gasteiger partial charge on any atom is -0.494 e. The normalized spacial score (nSPS) is 12.5. The number of fused-ring (bicyclic) bond motifs is 1. The molecule has 4 aromatic rings. The van der Waals surface area contributed by atoms with Gasteiger partial charge in [-0.1, -0.05) is 29.0 Å². The summed E-state index contributed by atoms with van der Waals surface area (Å²) in [4.78, 5) is 9.51. The summed E-state index contributed by atoms with van der Waals surface area (Å²) in [7, 11) is 0. The van der Waals surface area contributed by atoms with Gasteiger partial charge in [0.2, 0.25) is 0 Å². The lowest BCUT2D eigenvalue weighted by atomic mass is 10.1. The fourth-order valence-electron chi connectivity index (χ4n) is 2.77. The molecule has 0 aliphatic rings. The van der Waals surface area contributed by atoms with E-state index < -0.39 is 0 Å². The molecule has 0 aliphatic heterocycles. The lowest BCUT2D eigenvalue weighted by molar-refractivity contribution is 0.462. The second kappa shape index (κ2) is 7.28. The number of thiophene rings is 1. The van der Waals surface area contributed by atoms with Crippen molar-refractivity contribution in [2.75, 3.05) is 11.9 Å². The topological polar surface area (TPSA) is 87.0 Å². The molecule has 8 heteroatoms. The number of benzene rings is 1. The quantitative estimate of drug-likeness (QED) is 0.375. The van der Waals surface area contributed by atoms with E-state index >= 15 is 0 Å². The molecule has 0 saturated carbocycles. The Hall–Kier alpha value is -2.06. The third-order valence-corrected chi connectivity index (χ3v) is 6.33. The standard InChI is InChI=1S/C18H17ClN4OS2/c19-16-4-2-13(25-16)6-12(20)8-22-18-23-9-15(26-18)10-1-3-14-11(5-10)7-21-17(14)24/h1-5,7,9,12,21,24H,6,8,20H2,(H,22,23)/t12-/m0/s1. The minimum atomic E-state index is -0.00347. The van der Waals surface area contributed by atoms with Crippen LogP contribution < -0.4 is 11.1 Å². The molecule has 3 aromatic heterocycles. The van der Waals surface area contributed by atoms with Gasteiger partial charge in [0.25, 0.3) is 0 Å². The fraction of sp³-hybridized carbons (Fsp3) is 0.167. The Labute approximate surface area is 163 Å². The van der Waals surface area contributed by atoms with Crippen LogP contribution in [0.4, 0.5) is 5.13 Å². The van der Waals surface area contributed by atoms with Gasteiger partial charge in [0.1, 0.15) is 0 Å². The lowest BCUT2D eigenvalue weighted by Gasteiger charge is -2.10. The van der Waals surface area contributed by atoms with Crippen molar-refractivity contribution in [1.82, 2.24) is 9.97 Å². The van der Waals surface area contributed by atoms with E-state index in [0.717, 1.165) is 37.1 Å². The van der Waals surface area contributed by atoms with Gasteiger partial charge < -0.3 is 21.1 Å². The molecule has 134 valence electrons. The molecule has 0 fully saturated rings. The Morgan fingerprint density at radius 1 is 1.27 bits per heavy atom. The van der Waals surface area contributed by atoms with Gasteiger partial charge in [-0.3, -0.25) is 0 Å². The second-order valence-electron chi connectivity index (χ2n) is 6.02. The molecule has 0 spiro atoms. The van der Waals surface area contributed by atoms with Crippen molar-refractivity contribution >= 4 is 50.2 Å². The highest BCUT2D eigenvalue weighted by Gasteiger charge is 2.10. The van der Waals surface area contributed by atoms with Crippen LogP contribution >= 0.6 is 34.3 Å². The number of thiazole rings is 1. The van der Waals surface area contributed by atoms with E-state index in [-0.39, 0.29) is 11.9 Å². The average Bonchev–Trinajstić information content (AvgIpc) is 3.34. The summed E-state index contributed by atoms with van der Waals surface area (Å²) in [5.74, 6) is 0.194. The molecular formula is C18H17ClN4OS2. The number of nitrogens with two attached hydrogens (primary N) is 1. The zero-order chi connectivity index (χ0) is 18.1. The minimum absolute atomic E-state index is 0.00347. The van der Waals surface area contributed by atoms with E-state index in [1.807, 2.05) is 36.5 Å². The molecule has 0 radical (unpaired) electrons. The van der Waals surface area contributed by atoms with Crippen LogP contribution in [0.3, 0.4) is 0 Å².